The van der Waals surface area contributed by atoms with E-state index in [1.165, 1.54) is 16.4 Å². The van der Waals surface area contributed by atoms with Crippen LogP contribution in [0.5, 0.6) is 0 Å². The molecule has 0 fully saturated rings. The zero-order valence-electron chi connectivity index (χ0n) is 14.3. The van der Waals surface area contributed by atoms with Gasteiger partial charge >= 0.3 is 7.60 Å². The molecule has 1 aromatic rings. The molecule has 0 spiro atoms. The third kappa shape index (κ3) is 6.67. The van der Waals surface area contributed by atoms with Gasteiger partial charge in [0.1, 0.15) is 22.3 Å². The second-order valence-electron chi connectivity index (χ2n) is 5.12. The van der Waals surface area contributed by atoms with Gasteiger partial charge in [0.05, 0.1) is 0 Å². The van der Waals surface area contributed by atoms with Gasteiger partial charge in [-0.25, -0.2) is 0 Å². The van der Waals surface area contributed by atoms with E-state index in [2.05, 4.69) is 12.0 Å². The van der Waals surface area contributed by atoms with Crippen LogP contribution in [0.1, 0.15) is 46.5 Å². The minimum absolute atomic E-state index is 0.00400. The second kappa shape index (κ2) is 10.8. The summed E-state index contributed by atoms with van der Waals surface area (Å²) in [7, 11) is -4.51. The lowest BCUT2D eigenvalue weighted by atomic mass is 10.2. The van der Waals surface area contributed by atoms with Crippen LogP contribution in [0.2, 0.25) is 5.02 Å². The molecule has 0 aliphatic heterocycles. The van der Waals surface area contributed by atoms with E-state index in [9.17, 15) is 14.4 Å². The zero-order chi connectivity index (χ0) is 18.2. The molecule has 0 amide bonds. The summed E-state index contributed by atoms with van der Waals surface area (Å²) in [5.41, 5.74) is -0.599. The van der Waals surface area contributed by atoms with Crippen molar-refractivity contribution in [3.63, 3.8) is 0 Å². The Labute approximate surface area is 152 Å². The van der Waals surface area contributed by atoms with Gasteiger partial charge in [-0.3, -0.25) is 9.25 Å². The van der Waals surface area contributed by atoms with Gasteiger partial charge in [-0.05, 0) is 26.7 Å². The van der Waals surface area contributed by atoms with Crippen molar-refractivity contribution in [2.24, 2.45) is 0 Å². The normalized spacial score (nSPS) is 13.4. The molecular formula is C14H26ClN2O5PS. The number of halogens is 1. The van der Waals surface area contributed by atoms with Crippen LogP contribution in [0.3, 0.4) is 0 Å². The first-order valence-corrected chi connectivity index (χ1v) is 10.9. The highest BCUT2D eigenvalue weighted by Crippen LogP contribution is 2.41. The van der Waals surface area contributed by atoms with E-state index in [1.54, 1.807) is 0 Å². The molecule has 2 N–H and O–H groups in total. The van der Waals surface area contributed by atoms with Crippen molar-refractivity contribution >= 4 is 36.4 Å². The van der Waals surface area contributed by atoms with Crippen LogP contribution < -0.4 is 5.44 Å². The molecule has 0 aliphatic carbocycles. The summed E-state index contributed by atoms with van der Waals surface area (Å²) in [5, 5.41) is 4.47. The highest BCUT2D eigenvalue weighted by molar-refractivity contribution is 7.99. The van der Waals surface area contributed by atoms with Gasteiger partial charge in [-0.1, -0.05) is 43.1 Å². The fourth-order valence-corrected chi connectivity index (χ4v) is 4.40. The summed E-state index contributed by atoms with van der Waals surface area (Å²) < 4.78 is 24.0. The lowest BCUT2D eigenvalue weighted by Crippen LogP contribution is -2.13. The van der Waals surface area contributed by atoms with Crippen LogP contribution in [-0.2, 0) is 20.6 Å². The summed E-state index contributed by atoms with van der Waals surface area (Å²) in [6.07, 6.45) is 3.97. The highest BCUT2D eigenvalue weighted by atomic mass is 35.5. The van der Waals surface area contributed by atoms with E-state index in [0.717, 1.165) is 25.7 Å². The number of aromatic nitrogens is 2. The van der Waals surface area contributed by atoms with E-state index < -0.39 is 7.60 Å². The van der Waals surface area contributed by atoms with Crippen molar-refractivity contribution in [3.8, 4) is 0 Å². The lowest BCUT2D eigenvalue weighted by molar-refractivity contribution is -0.0614. The predicted molar refractivity (Wildman–Crippen MR) is 96.0 cm³/mol. The third-order valence-electron chi connectivity index (χ3n) is 3.24. The highest BCUT2D eigenvalue weighted by Gasteiger charge is 2.30. The summed E-state index contributed by atoms with van der Waals surface area (Å²) in [5.74, 6) is 0. The minimum Gasteiger partial charge on any atom is -0.356 e. The Morgan fingerprint density at radius 3 is 2.58 bits per heavy atom. The van der Waals surface area contributed by atoms with Crippen LogP contribution >= 0.6 is 31.0 Å². The Bertz CT molecular complexity index is 542. The van der Waals surface area contributed by atoms with Crippen LogP contribution in [0.4, 0.5) is 0 Å². The number of aryl methyl sites for hydroxylation is 1. The van der Waals surface area contributed by atoms with Gasteiger partial charge in [0.15, 0.2) is 5.44 Å². The van der Waals surface area contributed by atoms with Gasteiger partial charge in [0, 0.05) is 13.2 Å². The topological polar surface area (TPSA) is 93.8 Å². The average Bonchev–Trinajstić information content (AvgIpc) is 2.84. The Balaban J connectivity index is 2.94. The lowest BCUT2D eigenvalue weighted by Gasteiger charge is -2.18. The fraction of sp³-hybridized carbons (Fsp3) is 0.786. The van der Waals surface area contributed by atoms with Crippen LogP contribution in [0.15, 0.2) is 5.03 Å². The van der Waals surface area contributed by atoms with Crippen molar-refractivity contribution in [1.82, 2.24) is 9.78 Å². The van der Waals surface area contributed by atoms with Gasteiger partial charge < -0.3 is 19.3 Å². The van der Waals surface area contributed by atoms with Crippen LogP contribution in [-0.4, -0.2) is 38.4 Å². The molecule has 1 aromatic heterocycles. The minimum atomic E-state index is -4.51. The molecule has 140 valence electrons. The molecule has 24 heavy (non-hydrogen) atoms. The number of ether oxygens (including phenoxy) is 2. The standard InChI is InChI=1S/C14H26ClN2O5PS/c1-4-7-8-9-11(22-10-21-6-3)24-14-12(15)13(23(18,19)20)16-17(14)5-2/h11H,4-10H2,1-3H3,(H2,18,19,20). The molecule has 1 heterocycles. The van der Waals surface area contributed by atoms with Crippen molar-refractivity contribution < 1.29 is 23.8 Å². The van der Waals surface area contributed by atoms with E-state index >= 15 is 0 Å². The maximum atomic E-state index is 11.5. The number of rotatable bonds is 12. The molecule has 1 rings (SSSR count). The molecule has 0 bridgehead atoms. The number of unbranched alkanes of at least 4 members (excludes halogenated alkanes) is 2. The van der Waals surface area contributed by atoms with Crippen molar-refractivity contribution in [2.75, 3.05) is 13.4 Å². The molecule has 1 unspecified atom stereocenters. The Morgan fingerprint density at radius 2 is 2.04 bits per heavy atom. The Hall–Kier alpha value is -0.0800. The Kier molecular flexibility index (Phi) is 9.89. The van der Waals surface area contributed by atoms with Gasteiger partial charge in [0.25, 0.3) is 0 Å². The molecular weight excluding hydrogens is 375 g/mol. The van der Waals surface area contributed by atoms with Crippen molar-refractivity contribution in [3.05, 3.63) is 5.02 Å². The maximum absolute atomic E-state index is 11.5. The predicted octanol–water partition coefficient (Wildman–Crippen LogP) is 3.37. The second-order valence-corrected chi connectivity index (χ2v) is 8.16. The smallest absolute Gasteiger partial charge is 0.356 e. The summed E-state index contributed by atoms with van der Waals surface area (Å²) in [6, 6.07) is 0. The molecule has 1 atom stereocenters. The molecule has 0 aliphatic rings. The average molecular weight is 401 g/mol. The number of hydrogen-bond acceptors (Lipinski definition) is 5. The van der Waals surface area contributed by atoms with Crippen LogP contribution in [0.25, 0.3) is 0 Å². The number of thioether (sulfide) groups is 1. The third-order valence-corrected chi connectivity index (χ3v) is 5.98. The van der Waals surface area contributed by atoms with Gasteiger partial charge in [-0.15, -0.1) is 0 Å². The van der Waals surface area contributed by atoms with E-state index in [4.69, 9.17) is 21.1 Å². The molecule has 0 saturated carbocycles. The monoisotopic (exact) mass is 400 g/mol. The quantitative estimate of drug-likeness (QED) is 0.240. The summed E-state index contributed by atoms with van der Waals surface area (Å²) in [6.45, 7) is 7.03. The summed E-state index contributed by atoms with van der Waals surface area (Å²) >= 11 is 7.50. The zero-order valence-corrected chi connectivity index (χ0v) is 16.7. The van der Waals surface area contributed by atoms with Gasteiger partial charge in [0.2, 0.25) is 0 Å². The molecule has 0 saturated heterocycles. The van der Waals surface area contributed by atoms with Crippen molar-refractivity contribution in [1.29, 1.82) is 0 Å². The van der Waals surface area contributed by atoms with E-state index in [0.29, 0.717) is 18.2 Å². The first kappa shape index (κ1) is 22.0. The van der Waals surface area contributed by atoms with E-state index in [-0.39, 0.29) is 22.7 Å². The molecule has 0 aromatic carbocycles. The maximum Gasteiger partial charge on any atom is 0.377 e. The summed E-state index contributed by atoms with van der Waals surface area (Å²) in [4.78, 5) is 18.7. The number of hydrogen-bond donors (Lipinski definition) is 2. The molecule has 7 nitrogen and oxygen atoms in total. The van der Waals surface area contributed by atoms with Gasteiger partial charge in [-0.2, -0.15) is 5.10 Å². The largest absolute Gasteiger partial charge is 0.377 e. The molecule has 0 radical (unpaired) electrons. The first-order valence-electron chi connectivity index (χ1n) is 8.03. The van der Waals surface area contributed by atoms with Crippen molar-refractivity contribution in [2.45, 2.75) is 63.5 Å². The number of nitrogens with zero attached hydrogens (tertiary/aromatic N) is 2. The molecule has 10 heteroatoms. The van der Waals surface area contributed by atoms with Crippen LogP contribution in [0, 0.1) is 0 Å². The van der Waals surface area contributed by atoms with E-state index in [1.807, 2.05) is 13.8 Å². The fourth-order valence-electron chi connectivity index (χ4n) is 1.99. The Morgan fingerprint density at radius 1 is 1.33 bits per heavy atom. The first-order chi connectivity index (χ1) is 11.3. The SMILES string of the molecule is CCCCCC(OCOCC)Sc1c(Cl)c(P(=O)(O)O)nn1CC.